The Bertz CT molecular complexity index is 2390. The molecular formula is C34H39N12O9PS. The maximum absolute atomic E-state index is 12.8. The Morgan fingerprint density at radius 1 is 1.12 bits per heavy atom. The van der Waals surface area contributed by atoms with Crippen LogP contribution < -0.4 is 10.9 Å². The number of nitrogens with zero attached hydrogens (tertiary/aromatic N) is 10. The van der Waals surface area contributed by atoms with Crippen LogP contribution >= 0.6 is 6.72 Å². The van der Waals surface area contributed by atoms with Crippen molar-refractivity contribution >= 4 is 64.9 Å². The van der Waals surface area contributed by atoms with Gasteiger partial charge >= 0.3 is 6.72 Å². The van der Waals surface area contributed by atoms with Gasteiger partial charge in [-0.2, -0.15) is 10.2 Å². The zero-order chi connectivity index (χ0) is 40.1. The normalized spacial score (nSPS) is 23.3. The number of fused-ring (bicyclic) bond motifs is 2. The number of methoxy groups -OCH3 is 1. The van der Waals surface area contributed by atoms with E-state index in [1.54, 1.807) is 54.2 Å². The molecule has 2 aliphatic heterocycles. The number of aromatic nitrogens is 8. The van der Waals surface area contributed by atoms with Gasteiger partial charge in [0.2, 0.25) is 5.95 Å². The molecule has 0 radical (unpaired) electrons. The first kappa shape index (κ1) is 40.1. The van der Waals surface area contributed by atoms with Crippen molar-refractivity contribution in [3.05, 3.63) is 65.2 Å². The maximum atomic E-state index is 12.8. The number of benzene rings is 1. The lowest BCUT2D eigenvalue weighted by molar-refractivity contribution is -0.0583. The van der Waals surface area contributed by atoms with Crippen molar-refractivity contribution in [2.45, 2.75) is 56.1 Å². The van der Waals surface area contributed by atoms with Crippen LogP contribution in [0.15, 0.2) is 59.1 Å². The lowest BCUT2D eigenvalue weighted by Gasteiger charge is -2.30. The van der Waals surface area contributed by atoms with Gasteiger partial charge in [0.1, 0.15) is 30.9 Å². The molecule has 0 spiro atoms. The molecule has 1 unspecified atom stereocenters. The van der Waals surface area contributed by atoms with Gasteiger partial charge in [-0.05, 0) is 36.8 Å². The van der Waals surface area contributed by atoms with E-state index in [4.69, 9.17) is 39.6 Å². The van der Waals surface area contributed by atoms with Crippen molar-refractivity contribution in [3.8, 4) is 6.07 Å². The summed E-state index contributed by atoms with van der Waals surface area (Å²) in [5.74, 6) is -0.0317. The molecule has 0 saturated carbocycles. The summed E-state index contributed by atoms with van der Waals surface area (Å²) in [7, 11) is 4.98. The lowest BCUT2D eigenvalue weighted by atomic mass is 10.1. The van der Waals surface area contributed by atoms with Crippen LogP contribution in [0.5, 0.6) is 0 Å². The fourth-order valence-electron chi connectivity index (χ4n) is 6.35. The number of hydrogen-bond acceptors (Lipinski definition) is 17. The van der Waals surface area contributed by atoms with E-state index in [0.717, 1.165) is 0 Å². The van der Waals surface area contributed by atoms with E-state index < -0.39 is 55.8 Å². The van der Waals surface area contributed by atoms with Gasteiger partial charge in [0, 0.05) is 26.8 Å². The largest absolute Gasteiger partial charge is 0.394 e. The van der Waals surface area contributed by atoms with Crippen molar-refractivity contribution in [1.29, 1.82) is 5.26 Å². The summed E-state index contributed by atoms with van der Waals surface area (Å²) in [6, 6.07) is 10.8. The Hall–Kier alpha value is -5.08. The van der Waals surface area contributed by atoms with E-state index in [1.165, 1.54) is 30.7 Å². The highest BCUT2D eigenvalue weighted by atomic mass is 32.5. The molecule has 7 atom stereocenters. The van der Waals surface area contributed by atoms with Crippen molar-refractivity contribution in [3.63, 3.8) is 0 Å². The Morgan fingerprint density at radius 3 is 2.67 bits per heavy atom. The molecule has 23 heteroatoms. The minimum atomic E-state index is -3.67. The number of aliphatic hydroxyl groups is 1. The third-order valence-corrected chi connectivity index (χ3v) is 11.4. The Labute approximate surface area is 329 Å². The van der Waals surface area contributed by atoms with Gasteiger partial charge < -0.3 is 38.6 Å². The van der Waals surface area contributed by atoms with Gasteiger partial charge in [-0.25, -0.2) is 24.9 Å². The topological polar surface area (TPSA) is 251 Å². The molecule has 2 aliphatic rings. The summed E-state index contributed by atoms with van der Waals surface area (Å²) >= 11 is 5.87. The standard InChI is InChI=1S/C34H39N12O9PS/c1-44(2)17-40-34-42-30-25(32(49)43-34)39-19-46(30)33-27(50-3)26(22(14-47)54-33)55-56(57,51-13-7-12-35)52-15-21-10-11-23(53-21)45-18-38-24-28(36-16-37-29(24)45)41-31(48)20-8-5-4-6-9-20/h4-6,8-9,16-19,21-23,26-27,33,47H,7,10-11,13-15H2,1-3H3,(H,42,43,49)(H,36,37,41,48)/t21-,22+,23+,26+,27+,33+,56?/m0/s1. The number of hydrogen-bond donors (Lipinski definition) is 3. The molecule has 7 rings (SSSR count). The van der Waals surface area contributed by atoms with E-state index in [-0.39, 0.29) is 48.5 Å². The molecule has 2 fully saturated rings. The average Bonchev–Trinajstić information content (AvgIpc) is 4.02. The number of aliphatic hydroxyl groups excluding tert-OH is 1. The van der Waals surface area contributed by atoms with Crippen molar-refractivity contribution in [1.82, 2.24) is 43.9 Å². The number of nitriles is 1. The summed E-state index contributed by atoms with van der Waals surface area (Å²) in [4.78, 5) is 55.9. The number of carbonyl (C=O) groups excluding carboxylic acids is 1. The van der Waals surface area contributed by atoms with Crippen LogP contribution in [-0.2, 0) is 39.6 Å². The van der Waals surface area contributed by atoms with Crippen LogP contribution in [-0.4, -0.2) is 127 Å². The van der Waals surface area contributed by atoms with Gasteiger partial charge in [-0.3, -0.25) is 28.2 Å². The maximum Gasteiger partial charge on any atom is 0.327 e. The molecule has 300 valence electrons. The zero-order valence-electron chi connectivity index (χ0n) is 30.9. The molecule has 3 N–H and O–H groups in total. The first-order chi connectivity index (χ1) is 27.6. The average molecular weight is 823 g/mol. The van der Waals surface area contributed by atoms with Crippen LogP contribution in [0.2, 0.25) is 0 Å². The Balaban J connectivity index is 1.06. The molecule has 57 heavy (non-hydrogen) atoms. The SMILES string of the molecule is CO[C@@H]1[C@H](OP(=S)(OCCC#N)OC[C@@H]2CC[C@H](n3cnc4c(NC(=O)c5ccccc5)ncnc43)O2)[C@@H](CO)O[C@H]1n1cnc2c(=O)[nH]c(N=CN(C)C)nc21. The van der Waals surface area contributed by atoms with Crippen LogP contribution in [0.3, 0.4) is 0 Å². The minimum Gasteiger partial charge on any atom is -0.394 e. The van der Waals surface area contributed by atoms with E-state index in [9.17, 15) is 20.0 Å². The number of carbonyl (C=O) groups is 1. The highest BCUT2D eigenvalue weighted by Crippen LogP contribution is 2.54. The third-order valence-electron chi connectivity index (χ3n) is 9.00. The van der Waals surface area contributed by atoms with Crippen LogP contribution in [0, 0.1) is 11.3 Å². The number of ether oxygens (including phenoxy) is 3. The zero-order valence-corrected chi connectivity index (χ0v) is 32.7. The highest BCUT2D eigenvalue weighted by Gasteiger charge is 2.50. The molecule has 2 saturated heterocycles. The number of anilines is 1. The smallest absolute Gasteiger partial charge is 0.327 e. The van der Waals surface area contributed by atoms with Gasteiger partial charge in [0.25, 0.3) is 11.5 Å². The summed E-state index contributed by atoms with van der Waals surface area (Å²) in [6.45, 7) is -4.29. The van der Waals surface area contributed by atoms with Crippen LogP contribution in [0.4, 0.5) is 11.8 Å². The highest BCUT2D eigenvalue weighted by molar-refractivity contribution is 8.07. The molecule has 0 aliphatic carbocycles. The number of amides is 1. The molecule has 0 bridgehead atoms. The minimum absolute atomic E-state index is 0.0112. The predicted molar refractivity (Wildman–Crippen MR) is 206 cm³/mol. The quantitative estimate of drug-likeness (QED) is 0.0560. The van der Waals surface area contributed by atoms with E-state index >= 15 is 0 Å². The second kappa shape index (κ2) is 17.6. The number of H-pyrrole nitrogens is 1. The molecular weight excluding hydrogens is 783 g/mol. The molecule has 5 aromatic rings. The van der Waals surface area contributed by atoms with Gasteiger partial charge in [0.05, 0.1) is 57.4 Å². The van der Waals surface area contributed by atoms with Gasteiger partial charge in [0.15, 0.2) is 34.4 Å². The molecule has 4 aromatic heterocycles. The fourth-order valence-corrected chi connectivity index (χ4v) is 8.47. The summed E-state index contributed by atoms with van der Waals surface area (Å²) < 4.78 is 40.2. The lowest BCUT2D eigenvalue weighted by Crippen LogP contribution is -2.37. The van der Waals surface area contributed by atoms with Crippen LogP contribution in [0.1, 0.15) is 42.1 Å². The first-order valence-corrected chi connectivity index (χ1v) is 20.3. The molecule has 1 amide bonds. The van der Waals surface area contributed by atoms with E-state index in [2.05, 4.69) is 40.2 Å². The van der Waals surface area contributed by atoms with Crippen molar-refractivity contribution in [2.75, 3.05) is 46.3 Å². The monoisotopic (exact) mass is 822 g/mol. The summed E-state index contributed by atoms with van der Waals surface area (Å²) in [6.07, 6.45) is 2.07. The Kier molecular flexibility index (Phi) is 12.4. The molecule has 1 aromatic carbocycles. The van der Waals surface area contributed by atoms with E-state index in [0.29, 0.717) is 29.6 Å². The first-order valence-electron chi connectivity index (χ1n) is 17.7. The second-order valence-electron chi connectivity index (χ2n) is 13.1. The van der Waals surface area contributed by atoms with Gasteiger partial charge in [-0.15, -0.1) is 0 Å². The van der Waals surface area contributed by atoms with E-state index in [1.807, 2.05) is 12.1 Å². The van der Waals surface area contributed by atoms with Crippen molar-refractivity contribution in [2.24, 2.45) is 4.99 Å². The third kappa shape index (κ3) is 8.76. The fraction of sp³-hybridized carbons (Fsp3) is 0.441. The second-order valence-corrected chi connectivity index (χ2v) is 16.0. The number of aliphatic imine (C=N–C) groups is 1. The number of imidazole rings is 2. The van der Waals surface area contributed by atoms with Crippen LogP contribution in [0.25, 0.3) is 22.3 Å². The number of aromatic amines is 1. The molecule has 21 nitrogen and oxygen atoms in total. The van der Waals surface area contributed by atoms with Crippen molar-refractivity contribution < 1.29 is 37.7 Å². The summed E-state index contributed by atoms with van der Waals surface area (Å²) in [5, 5.41) is 22.5. The number of rotatable bonds is 16. The van der Waals surface area contributed by atoms with Gasteiger partial charge in [-0.1, -0.05) is 18.2 Å². The summed E-state index contributed by atoms with van der Waals surface area (Å²) in [5.41, 5.74) is 1.02. The predicted octanol–water partition coefficient (Wildman–Crippen LogP) is 2.57. The Morgan fingerprint density at radius 2 is 1.91 bits per heavy atom. The molecule has 6 heterocycles. The number of nitrogens with one attached hydrogen (secondary N) is 2.